The fourth-order valence-electron chi connectivity index (χ4n) is 4.53. The van der Waals surface area contributed by atoms with Crippen molar-refractivity contribution >= 4 is 11.9 Å². The Morgan fingerprint density at radius 3 is 2.95 bits per heavy atom. The molecule has 5 nitrogen and oxygen atoms in total. The lowest BCUT2D eigenvalue weighted by molar-refractivity contribution is -0.189. The number of carbonyl (C=O) groups is 2. The van der Waals surface area contributed by atoms with Gasteiger partial charge >= 0.3 is 5.97 Å². The second-order valence-corrected chi connectivity index (χ2v) is 6.22. The van der Waals surface area contributed by atoms with Gasteiger partial charge in [0.2, 0.25) is 5.91 Å². The molecule has 1 N–H and O–H groups in total. The molecule has 5 heteroatoms. The number of likely N-dealkylation sites (tertiary alicyclic amines) is 1. The van der Waals surface area contributed by atoms with E-state index in [0.717, 1.165) is 30.6 Å². The minimum absolute atomic E-state index is 0.0659. The number of carboxylic acid groups (broad SMARTS) is 1. The molecule has 1 saturated heterocycles. The van der Waals surface area contributed by atoms with E-state index in [0.29, 0.717) is 0 Å². The highest BCUT2D eigenvalue weighted by Gasteiger charge is 2.64. The van der Waals surface area contributed by atoms with Gasteiger partial charge in [0.15, 0.2) is 5.72 Å². The summed E-state index contributed by atoms with van der Waals surface area (Å²) < 4.78 is 6.24. The number of carbonyl (C=O) groups excluding carboxylic acids is 1. The summed E-state index contributed by atoms with van der Waals surface area (Å²) >= 11 is 0. The minimum Gasteiger partial charge on any atom is -0.481 e. The van der Waals surface area contributed by atoms with Crippen LogP contribution in [0.3, 0.4) is 0 Å². The third kappa shape index (κ3) is 1.41. The number of carboxylic acids is 1. The molecule has 0 aromatic heterocycles. The number of amides is 1. The van der Waals surface area contributed by atoms with Gasteiger partial charge in [-0.15, -0.1) is 0 Å². The van der Waals surface area contributed by atoms with Gasteiger partial charge in [0.25, 0.3) is 0 Å². The molecule has 1 aliphatic carbocycles. The first-order chi connectivity index (χ1) is 10.1. The van der Waals surface area contributed by atoms with Crippen LogP contribution in [-0.4, -0.2) is 34.7 Å². The molecule has 0 unspecified atom stereocenters. The minimum atomic E-state index is -1.03. The fraction of sp³-hybridized carbons (Fsp3) is 0.500. The molecule has 0 radical (unpaired) electrons. The molecule has 2 bridgehead atoms. The summed E-state index contributed by atoms with van der Waals surface area (Å²) in [6.45, 7) is 0. The second-order valence-electron chi connectivity index (χ2n) is 6.22. The van der Waals surface area contributed by atoms with Crippen molar-refractivity contribution in [2.45, 2.75) is 30.9 Å². The lowest BCUT2D eigenvalue weighted by Crippen LogP contribution is -2.66. The molecular weight excluding hydrogens is 270 g/mol. The van der Waals surface area contributed by atoms with Crippen molar-refractivity contribution in [3.8, 4) is 5.75 Å². The molecule has 1 saturated carbocycles. The predicted molar refractivity (Wildman–Crippen MR) is 73.8 cm³/mol. The van der Waals surface area contributed by atoms with Crippen LogP contribution in [0, 0.1) is 11.8 Å². The first-order valence-electron chi connectivity index (χ1n) is 7.35. The van der Waals surface area contributed by atoms with Gasteiger partial charge in [-0.05, 0) is 24.5 Å². The zero-order valence-corrected chi connectivity index (χ0v) is 11.8. The van der Waals surface area contributed by atoms with Gasteiger partial charge in [-0.25, -0.2) is 0 Å². The maximum Gasteiger partial charge on any atom is 0.316 e. The Morgan fingerprint density at radius 1 is 1.43 bits per heavy atom. The van der Waals surface area contributed by atoms with E-state index < -0.39 is 17.6 Å². The molecule has 3 aliphatic rings. The van der Waals surface area contributed by atoms with Crippen molar-refractivity contribution in [2.75, 3.05) is 7.05 Å². The van der Waals surface area contributed by atoms with E-state index in [1.54, 1.807) is 11.9 Å². The van der Waals surface area contributed by atoms with Gasteiger partial charge in [-0.1, -0.05) is 18.2 Å². The summed E-state index contributed by atoms with van der Waals surface area (Å²) in [5, 5.41) is 9.59. The van der Waals surface area contributed by atoms with Crippen molar-refractivity contribution in [1.82, 2.24) is 4.90 Å². The Hall–Kier alpha value is -2.04. The van der Waals surface area contributed by atoms with Crippen molar-refractivity contribution in [1.29, 1.82) is 0 Å². The maximum absolute atomic E-state index is 12.6. The number of para-hydroxylation sites is 1. The van der Waals surface area contributed by atoms with Crippen LogP contribution in [0.5, 0.6) is 5.75 Å². The highest BCUT2D eigenvalue weighted by atomic mass is 16.5. The summed E-state index contributed by atoms with van der Waals surface area (Å²) in [4.78, 5) is 25.9. The molecule has 1 aromatic rings. The standard InChI is InChI=1S/C16H17NO4/c1-17-14(18)13(15(19)20)12-9-5-2-3-7-11(9)21-16(17)8-4-6-10(12)16/h2-3,5,7,10,12-13H,4,6,8H2,1H3,(H,19,20)/t10-,12-,13+,16-/m1/s1. The number of fused-ring (bicyclic) bond motifs is 2. The average molecular weight is 287 g/mol. The zero-order chi connectivity index (χ0) is 14.8. The number of benzene rings is 1. The van der Waals surface area contributed by atoms with E-state index in [4.69, 9.17) is 4.74 Å². The van der Waals surface area contributed by atoms with Gasteiger partial charge in [-0.2, -0.15) is 0 Å². The molecule has 110 valence electrons. The Balaban J connectivity index is 1.97. The highest BCUT2D eigenvalue weighted by Crippen LogP contribution is 2.59. The molecule has 2 heterocycles. The van der Waals surface area contributed by atoms with Gasteiger partial charge in [-0.3, -0.25) is 9.59 Å². The number of nitrogens with zero attached hydrogens (tertiary/aromatic N) is 1. The number of rotatable bonds is 1. The highest BCUT2D eigenvalue weighted by molar-refractivity contribution is 5.99. The van der Waals surface area contributed by atoms with Crippen LogP contribution in [0.15, 0.2) is 24.3 Å². The monoisotopic (exact) mass is 287 g/mol. The first-order valence-corrected chi connectivity index (χ1v) is 7.35. The largest absolute Gasteiger partial charge is 0.481 e. The van der Waals surface area contributed by atoms with Crippen LogP contribution >= 0.6 is 0 Å². The van der Waals surface area contributed by atoms with Crippen molar-refractivity contribution in [2.24, 2.45) is 11.8 Å². The van der Waals surface area contributed by atoms with E-state index in [-0.39, 0.29) is 17.7 Å². The number of hydrogen-bond donors (Lipinski definition) is 1. The van der Waals surface area contributed by atoms with E-state index in [1.807, 2.05) is 24.3 Å². The Kier molecular flexibility index (Phi) is 2.41. The number of piperidine rings is 1. The van der Waals surface area contributed by atoms with E-state index in [9.17, 15) is 14.7 Å². The first kappa shape index (κ1) is 12.7. The maximum atomic E-state index is 12.6. The predicted octanol–water partition coefficient (Wildman–Crippen LogP) is 1.83. The van der Waals surface area contributed by atoms with Crippen LogP contribution in [0.25, 0.3) is 0 Å². The Labute approximate surface area is 122 Å². The van der Waals surface area contributed by atoms with Crippen LogP contribution in [0.4, 0.5) is 0 Å². The molecule has 4 atom stereocenters. The average Bonchev–Trinajstić information content (AvgIpc) is 2.89. The molecular formula is C16H17NO4. The smallest absolute Gasteiger partial charge is 0.316 e. The van der Waals surface area contributed by atoms with Gasteiger partial charge in [0.05, 0.1) is 0 Å². The molecule has 2 fully saturated rings. The van der Waals surface area contributed by atoms with Gasteiger partial charge < -0.3 is 14.7 Å². The summed E-state index contributed by atoms with van der Waals surface area (Å²) in [6.07, 6.45) is 2.64. The van der Waals surface area contributed by atoms with Gasteiger partial charge in [0, 0.05) is 25.3 Å². The third-order valence-electron chi connectivity index (χ3n) is 5.42. The molecule has 1 aromatic carbocycles. The van der Waals surface area contributed by atoms with E-state index in [2.05, 4.69) is 0 Å². The van der Waals surface area contributed by atoms with E-state index >= 15 is 0 Å². The molecule has 2 aliphatic heterocycles. The normalized spacial score (nSPS) is 36.7. The molecule has 4 rings (SSSR count). The van der Waals surface area contributed by atoms with Crippen LogP contribution in [0.1, 0.15) is 30.7 Å². The lowest BCUT2D eigenvalue weighted by Gasteiger charge is -2.55. The topological polar surface area (TPSA) is 66.8 Å². The van der Waals surface area contributed by atoms with Crippen LogP contribution in [0.2, 0.25) is 0 Å². The molecule has 0 spiro atoms. The van der Waals surface area contributed by atoms with Crippen LogP contribution < -0.4 is 4.74 Å². The lowest BCUT2D eigenvalue weighted by atomic mass is 9.67. The molecule has 1 amide bonds. The van der Waals surface area contributed by atoms with Gasteiger partial charge in [0.1, 0.15) is 11.7 Å². The Bertz CT molecular complexity index is 643. The SMILES string of the molecule is CN1C(=O)[C@@H](C(=O)O)[C@@H]2c3ccccc3O[C@@]13CCC[C@H]23. The van der Waals surface area contributed by atoms with E-state index in [1.165, 1.54) is 0 Å². The number of hydrogen-bond acceptors (Lipinski definition) is 3. The third-order valence-corrected chi connectivity index (χ3v) is 5.42. The summed E-state index contributed by atoms with van der Waals surface area (Å²) in [7, 11) is 1.68. The number of aliphatic carboxylic acids is 1. The molecule has 21 heavy (non-hydrogen) atoms. The zero-order valence-electron chi connectivity index (χ0n) is 11.8. The van der Waals surface area contributed by atoms with Crippen LogP contribution in [-0.2, 0) is 9.59 Å². The summed E-state index contributed by atoms with van der Waals surface area (Å²) in [6, 6.07) is 7.54. The summed E-state index contributed by atoms with van der Waals surface area (Å²) in [5.41, 5.74) is 0.219. The summed E-state index contributed by atoms with van der Waals surface area (Å²) in [5.74, 6) is -1.86. The Morgan fingerprint density at radius 2 is 2.19 bits per heavy atom. The fourth-order valence-corrected chi connectivity index (χ4v) is 4.53. The van der Waals surface area contributed by atoms with Crippen molar-refractivity contribution in [3.63, 3.8) is 0 Å². The van der Waals surface area contributed by atoms with Crippen molar-refractivity contribution in [3.05, 3.63) is 29.8 Å². The second kappa shape index (κ2) is 4.00. The van der Waals surface area contributed by atoms with Crippen molar-refractivity contribution < 1.29 is 19.4 Å². The quantitative estimate of drug-likeness (QED) is 0.800. The number of ether oxygens (including phenoxy) is 1.